The van der Waals surface area contributed by atoms with Crippen LogP contribution >= 0.6 is 24.0 Å². The zero-order valence-corrected chi connectivity index (χ0v) is 13.2. The van der Waals surface area contributed by atoms with Gasteiger partial charge in [-0.2, -0.15) is 0 Å². The van der Waals surface area contributed by atoms with Crippen LogP contribution in [-0.2, 0) is 9.59 Å². The van der Waals surface area contributed by atoms with Gasteiger partial charge in [0.2, 0.25) is 0 Å². The van der Waals surface area contributed by atoms with Gasteiger partial charge in [-0.05, 0) is 18.2 Å². The molecule has 2 rings (SSSR count). The van der Waals surface area contributed by atoms with Crippen molar-refractivity contribution in [3.63, 3.8) is 0 Å². The minimum atomic E-state index is -1.15. The summed E-state index contributed by atoms with van der Waals surface area (Å²) in [4.78, 5) is 34.4. The van der Waals surface area contributed by atoms with E-state index in [-0.39, 0.29) is 14.9 Å². The van der Waals surface area contributed by atoms with Crippen molar-refractivity contribution in [1.29, 1.82) is 0 Å². The fourth-order valence-electron chi connectivity index (χ4n) is 1.82. The number of aliphatic carboxylic acids is 1. The molecule has 1 N–H and O–H groups in total. The van der Waals surface area contributed by atoms with Crippen LogP contribution in [0.4, 0.5) is 5.69 Å². The van der Waals surface area contributed by atoms with Crippen LogP contribution in [0.15, 0.2) is 41.3 Å². The van der Waals surface area contributed by atoms with Crippen LogP contribution < -0.4 is 0 Å². The van der Waals surface area contributed by atoms with E-state index in [1.165, 1.54) is 24.3 Å². The number of nitrogens with zero attached hydrogens (tertiary/aromatic N) is 2. The quantitative estimate of drug-likeness (QED) is 0.377. The van der Waals surface area contributed by atoms with Crippen LogP contribution in [0.1, 0.15) is 5.56 Å². The first-order valence-electron chi connectivity index (χ1n) is 6.27. The normalized spacial score (nSPS) is 16.5. The Hall–Kier alpha value is -2.52. The van der Waals surface area contributed by atoms with Crippen LogP contribution in [0.5, 0.6) is 0 Å². The molecule has 1 saturated heterocycles. The predicted octanol–water partition coefficient (Wildman–Crippen LogP) is 2.44. The van der Waals surface area contributed by atoms with Gasteiger partial charge in [0.25, 0.3) is 11.6 Å². The zero-order valence-electron chi connectivity index (χ0n) is 11.5. The molecule has 1 aliphatic rings. The van der Waals surface area contributed by atoms with Gasteiger partial charge in [0.05, 0.1) is 15.4 Å². The number of nitro benzene ring substituents is 1. The highest BCUT2D eigenvalue weighted by molar-refractivity contribution is 8.26. The third kappa shape index (κ3) is 4.02. The fraction of sp³-hybridized carbons (Fsp3) is 0.0714. The Labute approximate surface area is 140 Å². The van der Waals surface area contributed by atoms with E-state index >= 15 is 0 Å². The molecule has 0 spiro atoms. The van der Waals surface area contributed by atoms with Gasteiger partial charge < -0.3 is 5.11 Å². The summed E-state index contributed by atoms with van der Waals surface area (Å²) < 4.78 is 0.169. The summed E-state index contributed by atoms with van der Waals surface area (Å²) in [6.45, 7) is -0.490. The first-order chi connectivity index (χ1) is 10.9. The van der Waals surface area contributed by atoms with Crippen molar-refractivity contribution in [2.45, 2.75) is 0 Å². The van der Waals surface area contributed by atoms with Gasteiger partial charge in [0.1, 0.15) is 10.9 Å². The Morgan fingerprint density at radius 3 is 2.78 bits per heavy atom. The molecule has 1 aromatic carbocycles. The molecule has 0 bridgehead atoms. The van der Waals surface area contributed by atoms with E-state index < -0.39 is 23.3 Å². The largest absolute Gasteiger partial charge is 0.480 e. The molecule has 0 atom stereocenters. The lowest BCUT2D eigenvalue weighted by molar-refractivity contribution is -0.385. The molecule has 1 heterocycles. The number of nitro groups is 1. The summed E-state index contributed by atoms with van der Waals surface area (Å²) in [5.74, 6) is -1.65. The van der Waals surface area contributed by atoms with E-state index in [2.05, 4.69) is 0 Å². The molecule has 1 fully saturated rings. The van der Waals surface area contributed by atoms with Crippen LogP contribution in [0, 0.1) is 10.1 Å². The zero-order chi connectivity index (χ0) is 17.0. The number of hydrogen-bond donors (Lipinski definition) is 1. The van der Waals surface area contributed by atoms with Crippen molar-refractivity contribution in [3.05, 3.63) is 57.0 Å². The van der Waals surface area contributed by atoms with E-state index in [4.69, 9.17) is 17.3 Å². The highest BCUT2D eigenvalue weighted by atomic mass is 32.2. The summed E-state index contributed by atoms with van der Waals surface area (Å²) >= 11 is 5.95. The molecule has 0 saturated carbocycles. The van der Waals surface area contributed by atoms with Crippen LogP contribution in [0.25, 0.3) is 6.08 Å². The Morgan fingerprint density at radius 1 is 1.43 bits per heavy atom. The number of carboxylic acids is 1. The lowest BCUT2D eigenvalue weighted by Crippen LogP contribution is -2.33. The fourth-order valence-corrected chi connectivity index (χ4v) is 3.03. The highest BCUT2D eigenvalue weighted by Crippen LogP contribution is 2.30. The van der Waals surface area contributed by atoms with Crippen LogP contribution in [0.2, 0.25) is 0 Å². The lowest BCUT2D eigenvalue weighted by atomic mass is 10.1. The summed E-state index contributed by atoms with van der Waals surface area (Å²) in [6, 6.07) is 6.19. The van der Waals surface area contributed by atoms with Crippen molar-refractivity contribution in [2.75, 3.05) is 6.54 Å². The third-order valence-corrected chi connectivity index (χ3v) is 4.22. The molecular weight excluding hydrogens is 340 g/mol. The van der Waals surface area contributed by atoms with Gasteiger partial charge in [-0.1, -0.05) is 42.2 Å². The number of para-hydroxylation sites is 1. The van der Waals surface area contributed by atoms with Crippen LogP contribution in [0.3, 0.4) is 0 Å². The molecule has 118 valence electrons. The number of amides is 1. The van der Waals surface area contributed by atoms with E-state index in [0.29, 0.717) is 5.56 Å². The Kier molecular flexibility index (Phi) is 5.24. The number of allylic oxidation sites excluding steroid dienone is 2. The second-order valence-electron chi connectivity index (χ2n) is 4.36. The predicted molar refractivity (Wildman–Crippen MR) is 89.8 cm³/mol. The van der Waals surface area contributed by atoms with Gasteiger partial charge in [-0.15, -0.1) is 0 Å². The molecule has 7 nitrogen and oxygen atoms in total. The average molecular weight is 350 g/mol. The summed E-state index contributed by atoms with van der Waals surface area (Å²) in [7, 11) is 0. The SMILES string of the molecule is O=C(O)CN1C(=O)/C(=C\C=C/c2ccccc2[N+](=O)[O-])SC1=S. The van der Waals surface area contributed by atoms with E-state index in [0.717, 1.165) is 16.7 Å². The van der Waals surface area contributed by atoms with Gasteiger partial charge in [0.15, 0.2) is 0 Å². The molecule has 0 aromatic heterocycles. The maximum absolute atomic E-state index is 12.0. The Bertz CT molecular complexity index is 757. The Morgan fingerprint density at radius 2 is 2.13 bits per heavy atom. The number of benzene rings is 1. The van der Waals surface area contributed by atoms with Crippen molar-refractivity contribution in [2.24, 2.45) is 0 Å². The van der Waals surface area contributed by atoms with Crippen molar-refractivity contribution in [1.82, 2.24) is 4.90 Å². The lowest BCUT2D eigenvalue weighted by Gasteiger charge is -2.09. The standard InChI is InChI=1S/C14H10N2O5S2/c17-12(18)8-15-13(19)11(23-14(15)22)7-3-5-9-4-1-2-6-10(9)16(20)21/h1-7H,8H2,(H,17,18)/b5-3-,11-7+. The number of carboxylic acid groups (broad SMARTS) is 1. The van der Waals surface area contributed by atoms with E-state index in [1.54, 1.807) is 18.2 Å². The monoisotopic (exact) mass is 350 g/mol. The average Bonchev–Trinajstić information content (AvgIpc) is 2.75. The second-order valence-corrected chi connectivity index (χ2v) is 6.03. The van der Waals surface area contributed by atoms with Crippen molar-refractivity contribution >= 4 is 51.9 Å². The van der Waals surface area contributed by atoms with Gasteiger partial charge >= 0.3 is 5.97 Å². The highest BCUT2D eigenvalue weighted by Gasteiger charge is 2.32. The minimum Gasteiger partial charge on any atom is -0.480 e. The molecule has 1 aliphatic heterocycles. The number of carbonyl (C=O) groups is 2. The molecule has 0 radical (unpaired) electrons. The smallest absolute Gasteiger partial charge is 0.323 e. The molecule has 0 unspecified atom stereocenters. The number of thiocarbonyl (C=S) groups is 1. The van der Waals surface area contributed by atoms with Gasteiger partial charge in [-0.3, -0.25) is 24.6 Å². The third-order valence-electron chi connectivity index (χ3n) is 2.82. The van der Waals surface area contributed by atoms with Gasteiger partial charge in [0, 0.05) is 6.07 Å². The molecule has 0 aliphatic carbocycles. The van der Waals surface area contributed by atoms with Crippen molar-refractivity contribution < 1.29 is 19.6 Å². The molecule has 1 amide bonds. The number of hydrogen-bond acceptors (Lipinski definition) is 6. The minimum absolute atomic E-state index is 0.0458. The Balaban J connectivity index is 2.18. The topological polar surface area (TPSA) is 101 Å². The van der Waals surface area contributed by atoms with E-state index in [1.807, 2.05) is 0 Å². The summed E-state index contributed by atoms with van der Waals surface area (Å²) in [5.41, 5.74) is 0.352. The number of thioether (sulfide) groups is 1. The van der Waals surface area contributed by atoms with Crippen LogP contribution in [-0.4, -0.2) is 37.7 Å². The molecule has 1 aromatic rings. The number of rotatable bonds is 5. The van der Waals surface area contributed by atoms with Crippen molar-refractivity contribution in [3.8, 4) is 0 Å². The molecule has 23 heavy (non-hydrogen) atoms. The first kappa shape index (κ1) is 16.8. The maximum Gasteiger partial charge on any atom is 0.323 e. The maximum atomic E-state index is 12.0. The first-order valence-corrected chi connectivity index (χ1v) is 7.50. The number of carbonyl (C=O) groups excluding carboxylic acids is 1. The summed E-state index contributed by atoms with van der Waals surface area (Å²) in [6.07, 6.45) is 4.45. The summed E-state index contributed by atoms with van der Waals surface area (Å²) in [5, 5.41) is 19.6. The molecular formula is C14H10N2O5S2. The molecule has 9 heteroatoms. The van der Waals surface area contributed by atoms with E-state index in [9.17, 15) is 19.7 Å². The van der Waals surface area contributed by atoms with Gasteiger partial charge in [-0.25, -0.2) is 0 Å². The second kappa shape index (κ2) is 7.16.